The molecule has 1 heterocycles. The summed E-state index contributed by atoms with van der Waals surface area (Å²) >= 11 is 1.38. The van der Waals surface area contributed by atoms with Crippen molar-refractivity contribution in [3.63, 3.8) is 0 Å². The molecule has 0 saturated heterocycles. The van der Waals surface area contributed by atoms with Crippen molar-refractivity contribution in [2.75, 3.05) is 12.4 Å². The molecule has 0 aliphatic heterocycles. The van der Waals surface area contributed by atoms with Crippen LogP contribution in [0.25, 0.3) is 10.1 Å². The number of esters is 1. The number of hydrogen-bond acceptors (Lipinski definition) is 4. The molecule has 2 aromatic carbocycles. The molecule has 0 atom stereocenters. The molecule has 0 spiro atoms. The van der Waals surface area contributed by atoms with Crippen molar-refractivity contribution in [2.45, 2.75) is 20.3 Å². The fourth-order valence-electron chi connectivity index (χ4n) is 2.83. The molecule has 0 radical (unpaired) electrons. The van der Waals surface area contributed by atoms with Crippen LogP contribution < -0.4 is 5.32 Å². The number of aryl methyl sites for hydroxylation is 2. The Kier molecular flexibility index (Phi) is 4.86. The van der Waals surface area contributed by atoms with Crippen LogP contribution in [0.4, 0.5) is 5.00 Å². The first-order valence-corrected chi connectivity index (χ1v) is 8.77. The molecule has 0 saturated carbocycles. The lowest BCUT2D eigenvalue weighted by atomic mass is 10.0. The van der Waals surface area contributed by atoms with Crippen LogP contribution >= 0.6 is 11.3 Å². The number of methoxy groups -OCH3 is 1. The van der Waals surface area contributed by atoms with Gasteiger partial charge in [0.05, 0.1) is 13.5 Å². The van der Waals surface area contributed by atoms with E-state index in [1.165, 1.54) is 24.0 Å². The van der Waals surface area contributed by atoms with Crippen molar-refractivity contribution in [2.24, 2.45) is 0 Å². The van der Waals surface area contributed by atoms with Crippen molar-refractivity contribution >= 4 is 38.3 Å². The minimum Gasteiger partial charge on any atom is -0.465 e. The van der Waals surface area contributed by atoms with Crippen LogP contribution in [0.3, 0.4) is 0 Å². The van der Waals surface area contributed by atoms with E-state index in [1.54, 1.807) is 0 Å². The van der Waals surface area contributed by atoms with E-state index in [9.17, 15) is 9.59 Å². The predicted molar refractivity (Wildman–Crippen MR) is 101 cm³/mol. The Morgan fingerprint density at radius 1 is 1.12 bits per heavy atom. The molecule has 3 aromatic rings. The number of carbonyl (C=O) groups is 2. The summed E-state index contributed by atoms with van der Waals surface area (Å²) in [5, 5.41) is 4.21. The molecule has 1 amide bonds. The zero-order valence-electron chi connectivity index (χ0n) is 14.4. The fraction of sp³-hybridized carbons (Fsp3) is 0.200. The number of carbonyl (C=O) groups excluding carboxylic acids is 2. The maximum absolute atomic E-state index is 12.5. The zero-order chi connectivity index (χ0) is 18.0. The lowest BCUT2D eigenvalue weighted by molar-refractivity contribution is -0.115. The topological polar surface area (TPSA) is 55.4 Å². The number of thiophene rings is 1. The quantitative estimate of drug-likeness (QED) is 0.703. The second-order valence-electron chi connectivity index (χ2n) is 5.95. The summed E-state index contributed by atoms with van der Waals surface area (Å²) in [7, 11) is 1.34. The van der Waals surface area contributed by atoms with E-state index in [0.29, 0.717) is 10.6 Å². The van der Waals surface area contributed by atoms with Gasteiger partial charge in [0, 0.05) is 10.1 Å². The third kappa shape index (κ3) is 3.56. The van der Waals surface area contributed by atoms with Gasteiger partial charge in [-0.25, -0.2) is 4.79 Å². The second-order valence-corrected chi connectivity index (χ2v) is 7.00. The fourth-order valence-corrected chi connectivity index (χ4v) is 3.93. The molecule has 3 rings (SSSR count). The van der Waals surface area contributed by atoms with Crippen LogP contribution in [0.15, 0.2) is 42.5 Å². The Labute approximate surface area is 150 Å². The second kappa shape index (κ2) is 7.07. The van der Waals surface area contributed by atoms with E-state index in [1.807, 2.05) is 50.2 Å². The molecule has 0 unspecified atom stereocenters. The van der Waals surface area contributed by atoms with E-state index in [4.69, 9.17) is 4.74 Å². The van der Waals surface area contributed by atoms with Gasteiger partial charge in [0.2, 0.25) is 5.91 Å². The van der Waals surface area contributed by atoms with Crippen molar-refractivity contribution in [3.05, 3.63) is 64.7 Å². The summed E-state index contributed by atoms with van der Waals surface area (Å²) in [6, 6.07) is 13.6. The number of anilines is 1. The number of nitrogens with one attached hydrogen (secondary N) is 1. The van der Waals surface area contributed by atoms with Gasteiger partial charge < -0.3 is 10.1 Å². The van der Waals surface area contributed by atoms with Crippen LogP contribution in [-0.4, -0.2) is 19.0 Å². The Balaban J connectivity index is 1.89. The average Bonchev–Trinajstić information content (AvgIpc) is 2.94. The molecule has 1 N–H and O–H groups in total. The smallest absolute Gasteiger partial charge is 0.341 e. The highest BCUT2D eigenvalue weighted by atomic mass is 32.1. The molecular formula is C20H19NO3S. The van der Waals surface area contributed by atoms with Crippen molar-refractivity contribution in [3.8, 4) is 0 Å². The number of rotatable bonds is 4. The van der Waals surface area contributed by atoms with Crippen LogP contribution in [0.1, 0.15) is 27.0 Å². The maximum Gasteiger partial charge on any atom is 0.341 e. The van der Waals surface area contributed by atoms with Gasteiger partial charge in [-0.05, 0) is 31.0 Å². The highest BCUT2D eigenvalue weighted by Gasteiger charge is 2.21. The van der Waals surface area contributed by atoms with E-state index < -0.39 is 5.97 Å². The van der Waals surface area contributed by atoms with Crippen molar-refractivity contribution in [1.29, 1.82) is 0 Å². The lowest BCUT2D eigenvalue weighted by Gasteiger charge is -2.08. The summed E-state index contributed by atoms with van der Waals surface area (Å²) in [4.78, 5) is 24.7. The maximum atomic E-state index is 12.5. The Hall–Kier alpha value is -2.66. The number of fused-ring (bicyclic) bond motifs is 1. The van der Waals surface area contributed by atoms with E-state index in [-0.39, 0.29) is 12.3 Å². The van der Waals surface area contributed by atoms with Gasteiger partial charge in [-0.2, -0.15) is 0 Å². The minimum atomic E-state index is -0.445. The van der Waals surface area contributed by atoms with Crippen LogP contribution in [-0.2, 0) is 16.0 Å². The molecule has 25 heavy (non-hydrogen) atoms. The largest absolute Gasteiger partial charge is 0.465 e. The molecule has 0 aliphatic rings. The zero-order valence-corrected chi connectivity index (χ0v) is 15.2. The van der Waals surface area contributed by atoms with Gasteiger partial charge in [-0.3, -0.25) is 4.79 Å². The van der Waals surface area contributed by atoms with Crippen LogP contribution in [0.2, 0.25) is 0 Å². The standard InChI is InChI=1S/C20H19NO3S/c1-12-8-9-14(13(2)10-12)11-17(22)21-19-18(20(23)24-3)15-6-4-5-7-16(15)25-19/h4-10H,11H2,1-3H3,(H,21,22). The molecule has 0 bridgehead atoms. The number of amides is 1. The Morgan fingerprint density at radius 3 is 2.60 bits per heavy atom. The Morgan fingerprint density at radius 2 is 1.88 bits per heavy atom. The highest BCUT2D eigenvalue weighted by molar-refractivity contribution is 7.23. The van der Waals surface area contributed by atoms with Crippen LogP contribution in [0.5, 0.6) is 0 Å². The third-order valence-corrected chi connectivity index (χ3v) is 5.17. The van der Waals surface area contributed by atoms with E-state index in [0.717, 1.165) is 21.2 Å². The number of hydrogen-bond donors (Lipinski definition) is 1. The van der Waals surface area contributed by atoms with Gasteiger partial charge >= 0.3 is 5.97 Å². The monoisotopic (exact) mass is 353 g/mol. The minimum absolute atomic E-state index is 0.149. The number of ether oxygens (including phenoxy) is 1. The first kappa shape index (κ1) is 17.2. The molecule has 4 nitrogen and oxygen atoms in total. The molecule has 5 heteroatoms. The first-order chi connectivity index (χ1) is 12.0. The summed E-state index contributed by atoms with van der Waals surface area (Å²) in [6.45, 7) is 4.02. The Bertz CT molecular complexity index is 959. The summed E-state index contributed by atoms with van der Waals surface area (Å²) < 4.78 is 5.83. The number of benzene rings is 2. The lowest BCUT2D eigenvalue weighted by Crippen LogP contribution is -2.16. The molecule has 0 aliphatic carbocycles. The molecule has 128 valence electrons. The van der Waals surface area contributed by atoms with Gasteiger partial charge in [0.15, 0.2) is 0 Å². The summed E-state index contributed by atoms with van der Waals surface area (Å²) in [6.07, 6.45) is 0.265. The van der Waals surface area contributed by atoms with Gasteiger partial charge in [0.25, 0.3) is 0 Å². The predicted octanol–water partition coefficient (Wildman–Crippen LogP) is 4.49. The summed E-state index contributed by atoms with van der Waals surface area (Å²) in [5.41, 5.74) is 3.64. The first-order valence-electron chi connectivity index (χ1n) is 7.95. The van der Waals surface area contributed by atoms with Crippen LogP contribution in [0, 0.1) is 13.8 Å². The van der Waals surface area contributed by atoms with E-state index in [2.05, 4.69) is 11.4 Å². The van der Waals surface area contributed by atoms with Gasteiger partial charge in [-0.1, -0.05) is 42.0 Å². The molecule has 0 fully saturated rings. The molecule has 1 aromatic heterocycles. The highest BCUT2D eigenvalue weighted by Crippen LogP contribution is 2.36. The average molecular weight is 353 g/mol. The SMILES string of the molecule is COC(=O)c1c(NC(=O)Cc2ccc(C)cc2C)sc2ccccc12. The van der Waals surface area contributed by atoms with Gasteiger partial charge in [-0.15, -0.1) is 11.3 Å². The normalized spacial score (nSPS) is 10.7. The third-order valence-electron chi connectivity index (χ3n) is 4.09. The van der Waals surface area contributed by atoms with Crippen molar-refractivity contribution in [1.82, 2.24) is 0 Å². The van der Waals surface area contributed by atoms with Gasteiger partial charge in [0.1, 0.15) is 10.6 Å². The molecular weight excluding hydrogens is 334 g/mol. The summed E-state index contributed by atoms with van der Waals surface area (Å²) in [5.74, 6) is -0.595. The van der Waals surface area contributed by atoms with E-state index >= 15 is 0 Å². The van der Waals surface area contributed by atoms with Crippen molar-refractivity contribution < 1.29 is 14.3 Å².